The zero-order chi connectivity index (χ0) is 19.7. The molecule has 0 aliphatic heterocycles. The summed E-state index contributed by atoms with van der Waals surface area (Å²) >= 11 is 0. The van der Waals surface area contributed by atoms with Gasteiger partial charge in [-0.15, -0.1) is 0 Å². The van der Waals surface area contributed by atoms with Gasteiger partial charge in [0.2, 0.25) is 0 Å². The van der Waals surface area contributed by atoms with E-state index >= 15 is 0 Å². The molecule has 1 heteroatoms. The van der Waals surface area contributed by atoms with Gasteiger partial charge >= 0.3 is 0 Å². The zero-order valence-corrected chi connectivity index (χ0v) is 17.2. The third kappa shape index (κ3) is 4.72. The van der Waals surface area contributed by atoms with Crippen LogP contribution in [0.1, 0.15) is 55.7 Å². The smallest absolute Gasteiger partial charge is 0.0466 e. The average molecular weight is 373 g/mol. The maximum absolute atomic E-state index is 5.79. The molecule has 146 valence electrons. The van der Waals surface area contributed by atoms with Crippen LogP contribution in [-0.4, -0.2) is 13.2 Å². The van der Waals surface area contributed by atoms with Gasteiger partial charge < -0.3 is 4.74 Å². The van der Waals surface area contributed by atoms with E-state index in [4.69, 9.17) is 4.74 Å². The molecule has 0 aromatic heterocycles. The quantitative estimate of drug-likeness (QED) is 0.349. The Hall–Kier alpha value is -2.38. The highest BCUT2D eigenvalue weighted by Gasteiger charge is 2.38. The molecule has 0 amide bonds. The number of ether oxygens (including phenoxy) is 1. The minimum Gasteiger partial charge on any atom is -0.381 e. The van der Waals surface area contributed by atoms with E-state index in [-0.39, 0.29) is 5.41 Å². The van der Waals surface area contributed by atoms with Crippen molar-refractivity contribution < 1.29 is 4.74 Å². The molecule has 0 N–H and O–H groups in total. The Morgan fingerprint density at radius 2 is 1.21 bits per heavy atom. The number of rotatable bonds is 10. The van der Waals surface area contributed by atoms with Gasteiger partial charge in [0.25, 0.3) is 0 Å². The number of benzene rings is 3. The van der Waals surface area contributed by atoms with Crippen LogP contribution in [0.3, 0.4) is 0 Å². The average Bonchev–Trinajstić information content (AvgIpc) is 2.77. The summed E-state index contributed by atoms with van der Waals surface area (Å²) < 4.78 is 5.79. The monoisotopic (exact) mass is 372 g/mol. The van der Waals surface area contributed by atoms with Gasteiger partial charge in [-0.2, -0.15) is 0 Å². The fourth-order valence-electron chi connectivity index (χ4n) is 4.25. The fourth-order valence-corrected chi connectivity index (χ4v) is 4.25. The Bertz CT molecular complexity index is 756. The summed E-state index contributed by atoms with van der Waals surface area (Å²) in [6, 6.07) is 32.9. The van der Waals surface area contributed by atoms with E-state index in [1.54, 1.807) is 0 Å². The fraction of sp³-hybridized carbons (Fsp3) is 0.333. The van der Waals surface area contributed by atoms with E-state index in [0.29, 0.717) is 5.92 Å². The minimum atomic E-state index is -0.103. The van der Waals surface area contributed by atoms with Gasteiger partial charge in [0.05, 0.1) is 0 Å². The second-order valence-corrected chi connectivity index (χ2v) is 7.65. The molecule has 3 rings (SSSR count). The van der Waals surface area contributed by atoms with Gasteiger partial charge in [0, 0.05) is 18.6 Å². The van der Waals surface area contributed by atoms with Crippen molar-refractivity contribution in [2.24, 2.45) is 0 Å². The summed E-state index contributed by atoms with van der Waals surface area (Å²) in [5.74, 6) is 0.378. The van der Waals surface area contributed by atoms with Crippen LogP contribution in [-0.2, 0) is 10.2 Å². The Morgan fingerprint density at radius 1 is 0.714 bits per heavy atom. The van der Waals surface area contributed by atoms with Gasteiger partial charge in [0.15, 0.2) is 0 Å². The molecule has 0 radical (unpaired) electrons. The molecule has 1 atom stereocenters. The molecule has 0 heterocycles. The van der Waals surface area contributed by atoms with Crippen LogP contribution in [0.4, 0.5) is 0 Å². The summed E-state index contributed by atoms with van der Waals surface area (Å²) in [4.78, 5) is 0. The van der Waals surface area contributed by atoms with Gasteiger partial charge in [-0.3, -0.25) is 0 Å². The van der Waals surface area contributed by atoms with Gasteiger partial charge in [-0.05, 0) is 41.9 Å². The van der Waals surface area contributed by atoms with E-state index in [2.05, 4.69) is 105 Å². The molecule has 1 unspecified atom stereocenters. The lowest BCUT2D eigenvalue weighted by Gasteiger charge is -2.40. The summed E-state index contributed by atoms with van der Waals surface area (Å²) in [5, 5.41) is 0. The van der Waals surface area contributed by atoms with Crippen LogP contribution in [0.25, 0.3) is 0 Å². The molecular weight excluding hydrogens is 340 g/mol. The molecule has 0 fully saturated rings. The second-order valence-electron chi connectivity index (χ2n) is 7.65. The van der Waals surface area contributed by atoms with Crippen LogP contribution in [0.15, 0.2) is 91.0 Å². The molecule has 0 aliphatic carbocycles. The second kappa shape index (κ2) is 10.2. The molecule has 0 saturated heterocycles. The van der Waals surface area contributed by atoms with Crippen molar-refractivity contribution in [2.45, 2.75) is 44.4 Å². The molecule has 0 saturated carbocycles. The lowest BCUT2D eigenvalue weighted by Crippen LogP contribution is -2.32. The highest BCUT2D eigenvalue weighted by molar-refractivity contribution is 5.44. The van der Waals surface area contributed by atoms with E-state index < -0.39 is 0 Å². The maximum atomic E-state index is 5.79. The third-order valence-corrected chi connectivity index (χ3v) is 5.78. The van der Waals surface area contributed by atoms with E-state index in [9.17, 15) is 0 Å². The molecule has 0 bridgehead atoms. The maximum Gasteiger partial charge on any atom is 0.0466 e. The molecule has 3 aromatic rings. The van der Waals surface area contributed by atoms with Crippen molar-refractivity contribution >= 4 is 0 Å². The topological polar surface area (TPSA) is 9.23 Å². The van der Waals surface area contributed by atoms with Crippen LogP contribution >= 0.6 is 0 Å². The first-order valence-electron chi connectivity index (χ1n) is 10.5. The van der Waals surface area contributed by atoms with Crippen LogP contribution in [0, 0.1) is 0 Å². The molecule has 1 nitrogen and oxygen atoms in total. The largest absolute Gasteiger partial charge is 0.381 e. The van der Waals surface area contributed by atoms with Crippen molar-refractivity contribution in [1.82, 2.24) is 0 Å². The highest BCUT2D eigenvalue weighted by atomic mass is 16.5. The molecule has 0 spiro atoms. The van der Waals surface area contributed by atoms with E-state index in [1.165, 1.54) is 16.7 Å². The van der Waals surface area contributed by atoms with E-state index in [0.717, 1.165) is 32.5 Å². The normalized spacial score (nSPS) is 12.6. The lowest BCUT2D eigenvalue weighted by molar-refractivity contribution is 0.128. The Labute approximate surface area is 170 Å². The number of hydrogen-bond acceptors (Lipinski definition) is 1. The summed E-state index contributed by atoms with van der Waals surface area (Å²) in [5.41, 5.74) is 4.02. The molecule has 3 aromatic carbocycles. The Morgan fingerprint density at radius 3 is 1.71 bits per heavy atom. The molecule has 28 heavy (non-hydrogen) atoms. The SMILES string of the molecule is CCCOCCCC(c1ccccc1)C(C)(c1ccccc1)c1ccccc1. The first kappa shape index (κ1) is 20.4. The lowest BCUT2D eigenvalue weighted by atomic mass is 9.63. The van der Waals surface area contributed by atoms with Crippen LogP contribution in [0.5, 0.6) is 0 Å². The zero-order valence-electron chi connectivity index (χ0n) is 17.2. The van der Waals surface area contributed by atoms with E-state index in [1.807, 2.05) is 0 Å². The van der Waals surface area contributed by atoms with Gasteiger partial charge in [-0.25, -0.2) is 0 Å². The predicted molar refractivity (Wildman–Crippen MR) is 119 cm³/mol. The number of hydrogen-bond donors (Lipinski definition) is 0. The minimum absolute atomic E-state index is 0.103. The first-order valence-corrected chi connectivity index (χ1v) is 10.5. The van der Waals surface area contributed by atoms with Crippen molar-refractivity contribution in [3.8, 4) is 0 Å². The predicted octanol–water partition coefficient (Wildman–Crippen LogP) is 6.98. The standard InChI is InChI=1S/C27H32O/c1-3-21-28-22-13-20-26(23-14-7-4-8-15-23)27(2,24-16-9-5-10-17-24)25-18-11-6-12-19-25/h4-12,14-19,26H,3,13,20-22H2,1-2H3. The van der Waals surface area contributed by atoms with Crippen LogP contribution < -0.4 is 0 Å². The molecule has 0 aliphatic rings. The van der Waals surface area contributed by atoms with Crippen molar-refractivity contribution in [2.75, 3.05) is 13.2 Å². The Kier molecular flexibility index (Phi) is 7.45. The first-order chi connectivity index (χ1) is 13.8. The van der Waals surface area contributed by atoms with Crippen LogP contribution in [0.2, 0.25) is 0 Å². The van der Waals surface area contributed by atoms with Crippen molar-refractivity contribution in [3.63, 3.8) is 0 Å². The summed E-state index contributed by atoms with van der Waals surface area (Å²) in [6.07, 6.45) is 3.23. The van der Waals surface area contributed by atoms with Crippen molar-refractivity contribution in [1.29, 1.82) is 0 Å². The van der Waals surface area contributed by atoms with Gasteiger partial charge in [-0.1, -0.05) is 105 Å². The van der Waals surface area contributed by atoms with Crippen molar-refractivity contribution in [3.05, 3.63) is 108 Å². The molecular formula is C27H32O. The summed E-state index contributed by atoms with van der Waals surface area (Å²) in [7, 11) is 0. The Balaban J connectivity index is 2.01. The van der Waals surface area contributed by atoms with Gasteiger partial charge in [0.1, 0.15) is 0 Å². The highest BCUT2D eigenvalue weighted by Crippen LogP contribution is 2.46. The summed E-state index contributed by atoms with van der Waals surface area (Å²) in [6.45, 7) is 6.25. The third-order valence-electron chi connectivity index (χ3n) is 5.78.